The highest BCUT2D eigenvalue weighted by Gasteiger charge is 2.19. The van der Waals surface area contributed by atoms with Crippen LogP contribution < -0.4 is 0 Å². The Bertz CT molecular complexity index is 1020. The van der Waals surface area contributed by atoms with Crippen LogP contribution in [0, 0.1) is 10.1 Å². The number of amides is 1. The van der Waals surface area contributed by atoms with Crippen LogP contribution in [0.1, 0.15) is 15.9 Å². The van der Waals surface area contributed by atoms with Gasteiger partial charge in [0.05, 0.1) is 16.0 Å². The number of benzene rings is 2. The largest absolute Gasteiger partial charge is 0.337 e. The minimum Gasteiger partial charge on any atom is -0.337 e. The van der Waals surface area contributed by atoms with E-state index in [1.807, 2.05) is 12.1 Å². The molecule has 0 aliphatic heterocycles. The van der Waals surface area contributed by atoms with Gasteiger partial charge in [0, 0.05) is 36.1 Å². The predicted octanol–water partition coefficient (Wildman–Crippen LogP) is 4.72. The molecular formula is C18H13Cl2N3O3. The molecule has 3 aromatic rings. The topological polar surface area (TPSA) is 76.3 Å². The van der Waals surface area contributed by atoms with E-state index in [1.165, 1.54) is 29.2 Å². The summed E-state index contributed by atoms with van der Waals surface area (Å²) in [6.45, 7) is 0.119. The lowest BCUT2D eigenvalue weighted by molar-refractivity contribution is -0.384. The second-order valence-electron chi connectivity index (χ2n) is 5.70. The minimum atomic E-state index is -0.502. The van der Waals surface area contributed by atoms with Gasteiger partial charge in [-0.25, -0.2) is 4.98 Å². The van der Waals surface area contributed by atoms with Crippen molar-refractivity contribution in [1.82, 2.24) is 9.88 Å². The molecule has 26 heavy (non-hydrogen) atoms. The summed E-state index contributed by atoms with van der Waals surface area (Å²) >= 11 is 12.2. The number of carbonyl (C=O) groups is 1. The summed E-state index contributed by atoms with van der Waals surface area (Å²) in [5, 5.41) is 12.2. The van der Waals surface area contributed by atoms with Gasteiger partial charge < -0.3 is 4.90 Å². The molecule has 0 saturated carbocycles. The van der Waals surface area contributed by atoms with Gasteiger partial charge in [-0.15, -0.1) is 0 Å². The zero-order chi connectivity index (χ0) is 18.8. The van der Waals surface area contributed by atoms with Crippen molar-refractivity contribution in [3.8, 4) is 0 Å². The first kappa shape index (κ1) is 18.1. The standard InChI is InChI=1S/C18H13Cl2N3O3/c1-22(10-11-8-12(23(25)26)6-7-15(11)19)18(24)14-9-17(20)21-16-5-3-2-4-13(14)16/h2-9H,10H2,1H3. The van der Waals surface area contributed by atoms with Crippen molar-refractivity contribution < 1.29 is 9.72 Å². The summed E-state index contributed by atoms with van der Waals surface area (Å²) in [6, 6.07) is 12.8. The van der Waals surface area contributed by atoms with Crippen molar-refractivity contribution in [3.05, 3.63) is 79.9 Å². The van der Waals surface area contributed by atoms with E-state index in [4.69, 9.17) is 23.2 Å². The van der Waals surface area contributed by atoms with E-state index in [0.717, 1.165) is 0 Å². The lowest BCUT2D eigenvalue weighted by atomic mass is 10.1. The van der Waals surface area contributed by atoms with Crippen LogP contribution in [0.5, 0.6) is 0 Å². The molecule has 0 fully saturated rings. The molecule has 1 heterocycles. The summed E-state index contributed by atoms with van der Waals surface area (Å²) in [5.74, 6) is -0.284. The van der Waals surface area contributed by atoms with E-state index in [2.05, 4.69) is 4.98 Å². The molecule has 132 valence electrons. The second kappa shape index (κ2) is 7.27. The maximum absolute atomic E-state index is 12.9. The maximum Gasteiger partial charge on any atom is 0.269 e. The third-order valence-corrected chi connectivity index (χ3v) is 4.47. The first-order valence-electron chi connectivity index (χ1n) is 7.60. The molecule has 0 aliphatic carbocycles. The number of pyridine rings is 1. The van der Waals surface area contributed by atoms with E-state index >= 15 is 0 Å². The van der Waals surface area contributed by atoms with Crippen molar-refractivity contribution in [2.75, 3.05) is 7.05 Å². The zero-order valence-electron chi connectivity index (χ0n) is 13.6. The molecule has 2 aromatic carbocycles. The number of carbonyl (C=O) groups excluding carboxylic acids is 1. The normalized spacial score (nSPS) is 10.7. The van der Waals surface area contributed by atoms with Crippen molar-refractivity contribution in [2.24, 2.45) is 0 Å². The quantitative estimate of drug-likeness (QED) is 0.367. The van der Waals surface area contributed by atoms with E-state index in [1.54, 1.807) is 19.2 Å². The van der Waals surface area contributed by atoms with Crippen LogP contribution in [-0.2, 0) is 6.54 Å². The van der Waals surface area contributed by atoms with Crippen LogP contribution >= 0.6 is 23.2 Å². The average molecular weight is 390 g/mol. The van der Waals surface area contributed by atoms with Gasteiger partial charge in [-0.1, -0.05) is 41.4 Å². The Morgan fingerprint density at radius 2 is 1.92 bits per heavy atom. The predicted molar refractivity (Wildman–Crippen MR) is 101 cm³/mol. The summed E-state index contributed by atoms with van der Waals surface area (Å²) in [4.78, 5) is 29.0. The molecule has 8 heteroatoms. The van der Waals surface area contributed by atoms with E-state index < -0.39 is 4.92 Å². The van der Waals surface area contributed by atoms with Crippen LogP contribution in [0.3, 0.4) is 0 Å². The first-order valence-corrected chi connectivity index (χ1v) is 8.36. The van der Waals surface area contributed by atoms with Gasteiger partial charge in [-0.2, -0.15) is 0 Å². The van der Waals surface area contributed by atoms with E-state index in [-0.39, 0.29) is 23.3 Å². The molecule has 0 spiro atoms. The number of nitrogens with zero attached hydrogens (tertiary/aromatic N) is 3. The number of fused-ring (bicyclic) bond motifs is 1. The molecule has 0 atom stereocenters. The highest BCUT2D eigenvalue weighted by atomic mass is 35.5. The Morgan fingerprint density at radius 1 is 1.19 bits per heavy atom. The Hall–Kier alpha value is -2.70. The lowest BCUT2D eigenvalue weighted by Gasteiger charge is -2.19. The van der Waals surface area contributed by atoms with Crippen molar-refractivity contribution in [1.29, 1.82) is 0 Å². The SMILES string of the molecule is CN(Cc1cc([N+](=O)[O-])ccc1Cl)C(=O)c1cc(Cl)nc2ccccc12. The first-order chi connectivity index (χ1) is 12.4. The third-order valence-electron chi connectivity index (χ3n) is 3.91. The Kier molecular flexibility index (Phi) is 5.06. The number of nitro groups is 1. The molecule has 3 rings (SSSR count). The third kappa shape index (κ3) is 3.61. The molecule has 0 unspecified atom stereocenters. The summed E-state index contributed by atoms with van der Waals surface area (Å²) < 4.78 is 0. The fraction of sp³-hybridized carbons (Fsp3) is 0.111. The highest BCUT2D eigenvalue weighted by molar-refractivity contribution is 6.31. The second-order valence-corrected chi connectivity index (χ2v) is 6.50. The minimum absolute atomic E-state index is 0.0809. The molecule has 0 aliphatic rings. The van der Waals surface area contributed by atoms with E-state index in [9.17, 15) is 14.9 Å². The Balaban J connectivity index is 1.94. The van der Waals surface area contributed by atoms with Crippen LogP contribution in [-0.4, -0.2) is 27.8 Å². The number of para-hydroxylation sites is 1. The fourth-order valence-corrected chi connectivity index (χ4v) is 3.03. The highest BCUT2D eigenvalue weighted by Crippen LogP contribution is 2.25. The van der Waals surface area contributed by atoms with Crippen LogP contribution in [0.15, 0.2) is 48.5 Å². The summed E-state index contributed by atoms with van der Waals surface area (Å²) in [6.07, 6.45) is 0. The molecule has 0 radical (unpaired) electrons. The van der Waals surface area contributed by atoms with Gasteiger partial charge in [0.25, 0.3) is 11.6 Å². The van der Waals surface area contributed by atoms with Crippen molar-refractivity contribution in [3.63, 3.8) is 0 Å². The van der Waals surface area contributed by atoms with Gasteiger partial charge in [0.2, 0.25) is 0 Å². The number of nitro benzene ring substituents is 1. The molecule has 0 bridgehead atoms. The van der Waals surface area contributed by atoms with Crippen molar-refractivity contribution >= 4 is 45.7 Å². The van der Waals surface area contributed by atoms with Crippen LogP contribution in [0.2, 0.25) is 10.2 Å². The maximum atomic E-state index is 12.9. The monoisotopic (exact) mass is 389 g/mol. The smallest absolute Gasteiger partial charge is 0.269 e. The van der Waals surface area contributed by atoms with Gasteiger partial charge in [0.1, 0.15) is 5.15 Å². The summed E-state index contributed by atoms with van der Waals surface area (Å²) in [7, 11) is 1.60. The van der Waals surface area contributed by atoms with E-state index in [0.29, 0.717) is 27.1 Å². The molecule has 1 aromatic heterocycles. The molecule has 0 saturated heterocycles. The number of rotatable bonds is 4. The lowest BCUT2D eigenvalue weighted by Crippen LogP contribution is -2.26. The Labute approximate surface area is 159 Å². The summed E-state index contributed by atoms with van der Waals surface area (Å²) in [5.41, 5.74) is 1.43. The average Bonchev–Trinajstić information content (AvgIpc) is 2.61. The number of hydrogen-bond donors (Lipinski definition) is 0. The number of non-ortho nitro benzene ring substituents is 1. The molecular weight excluding hydrogens is 377 g/mol. The number of hydrogen-bond acceptors (Lipinski definition) is 4. The number of halogens is 2. The van der Waals surface area contributed by atoms with Gasteiger partial charge in [-0.3, -0.25) is 14.9 Å². The zero-order valence-corrected chi connectivity index (χ0v) is 15.2. The molecule has 6 nitrogen and oxygen atoms in total. The molecule has 1 amide bonds. The fourth-order valence-electron chi connectivity index (χ4n) is 2.65. The number of aromatic nitrogens is 1. The van der Waals surface area contributed by atoms with Gasteiger partial charge >= 0.3 is 0 Å². The van der Waals surface area contributed by atoms with Gasteiger partial charge in [-0.05, 0) is 23.8 Å². The van der Waals surface area contributed by atoms with Gasteiger partial charge in [0.15, 0.2) is 0 Å². The van der Waals surface area contributed by atoms with Crippen molar-refractivity contribution in [2.45, 2.75) is 6.54 Å². The van der Waals surface area contributed by atoms with Crippen LogP contribution in [0.25, 0.3) is 10.9 Å². The Morgan fingerprint density at radius 3 is 2.65 bits per heavy atom. The van der Waals surface area contributed by atoms with Crippen LogP contribution in [0.4, 0.5) is 5.69 Å². The molecule has 0 N–H and O–H groups in total.